The maximum atomic E-state index is 13.9. The average molecular weight is 673 g/mol. The Kier molecular flexibility index (Phi) is 15.6. The number of carbonyl (C=O) groups excluding carboxylic acids is 4. The van der Waals surface area contributed by atoms with E-state index in [0.29, 0.717) is 18.7 Å². The van der Waals surface area contributed by atoms with Gasteiger partial charge in [0.1, 0.15) is 35.9 Å². The zero-order chi connectivity index (χ0) is 35.8. The summed E-state index contributed by atoms with van der Waals surface area (Å²) in [6, 6.07) is 4.80. The van der Waals surface area contributed by atoms with E-state index >= 15 is 0 Å². The van der Waals surface area contributed by atoms with E-state index in [0.717, 1.165) is 41.5 Å². The predicted octanol–water partition coefficient (Wildman–Crippen LogP) is 6.33. The van der Waals surface area contributed by atoms with E-state index in [1.54, 1.807) is 45.6 Å². The summed E-state index contributed by atoms with van der Waals surface area (Å²) in [4.78, 5) is 46.1. The quantitative estimate of drug-likeness (QED) is 0.0742. The van der Waals surface area contributed by atoms with Gasteiger partial charge in [-0.2, -0.15) is 10.2 Å². The van der Waals surface area contributed by atoms with E-state index in [1.807, 2.05) is 6.92 Å². The third kappa shape index (κ3) is 12.4. The first kappa shape index (κ1) is 38.8. The second-order valence-electron chi connectivity index (χ2n) is 10.1. The molecule has 0 N–H and O–H groups in total. The molecule has 1 atom stereocenters. The van der Waals surface area contributed by atoms with Gasteiger partial charge in [0.15, 0.2) is 11.6 Å². The normalized spacial score (nSPS) is 10.8. The summed E-state index contributed by atoms with van der Waals surface area (Å²) in [6.45, 7) is 10.9. The molecule has 0 fully saturated rings. The number of Topliss-reactive ketones (excluding diaryl/α,β-unsaturated/α-hetero) is 2. The van der Waals surface area contributed by atoms with Gasteiger partial charge in [0.25, 0.3) is 0 Å². The SMILES string of the molecule is C=CC(=O)OCC.CCOC(=O)CCC(C(=O)c1ccc(F)cc1F)n1cc(C)cn1.Cc1cnn(CC(=O)c2ccc(F)cc2F)c1. The van der Waals surface area contributed by atoms with Crippen molar-refractivity contribution in [3.8, 4) is 0 Å². The molecule has 0 radical (unpaired) electrons. The standard InChI is InChI=1S/C17H18F2N2O3.C12H10F2N2O.C5H8O2/c1-3-24-16(22)7-6-15(21-10-11(2)9-20-21)17(23)13-5-4-12(18)8-14(13)19;1-8-5-15-16(6-8)7-12(17)10-3-2-9(13)4-11(10)14;1-3-5(6)7-4-2/h4-5,8-10,15H,3,6-7H2,1-2H3;2-6H,7H2,1H3;3H,1,4H2,2H3. The van der Waals surface area contributed by atoms with Crippen LogP contribution in [0.3, 0.4) is 0 Å². The maximum Gasteiger partial charge on any atom is 0.330 e. The Hall–Kier alpha value is -5.40. The molecule has 0 aliphatic carbocycles. The van der Waals surface area contributed by atoms with E-state index in [2.05, 4.69) is 21.5 Å². The van der Waals surface area contributed by atoms with Crippen LogP contribution in [0.4, 0.5) is 17.6 Å². The number of hydrogen-bond donors (Lipinski definition) is 0. The lowest BCUT2D eigenvalue weighted by Crippen LogP contribution is -2.23. The second-order valence-corrected chi connectivity index (χ2v) is 10.1. The van der Waals surface area contributed by atoms with Crippen LogP contribution in [0.15, 0.2) is 73.8 Å². The number of benzene rings is 2. The van der Waals surface area contributed by atoms with Crippen LogP contribution in [-0.4, -0.2) is 56.3 Å². The minimum absolute atomic E-state index is 0.00797. The smallest absolute Gasteiger partial charge is 0.330 e. The van der Waals surface area contributed by atoms with Gasteiger partial charge in [0.2, 0.25) is 0 Å². The van der Waals surface area contributed by atoms with Gasteiger partial charge in [-0.3, -0.25) is 23.7 Å². The van der Waals surface area contributed by atoms with Gasteiger partial charge >= 0.3 is 11.9 Å². The molecular weight excluding hydrogens is 636 g/mol. The topological polar surface area (TPSA) is 122 Å². The van der Waals surface area contributed by atoms with Gasteiger partial charge in [-0.15, -0.1) is 0 Å². The van der Waals surface area contributed by atoms with Gasteiger partial charge in [0.05, 0.1) is 36.7 Å². The first-order chi connectivity index (χ1) is 22.8. The van der Waals surface area contributed by atoms with Crippen LogP contribution in [-0.2, 0) is 25.6 Å². The van der Waals surface area contributed by atoms with Crippen LogP contribution < -0.4 is 0 Å². The van der Waals surface area contributed by atoms with E-state index < -0.39 is 46.8 Å². The number of carbonyl (C=O) groups is 4. The van der Waals surface area contributed by atoms with Crippen molar-refractivity contribution in [2.45, 2.75) is 53.1 Å². The summed E-state index contributed by atoms with van der Waals surface area (Å²) in [5.74, 6) is -5.06. The third-order valence-electron chi connectivity index (χ3n) is 6.23. The predicted molar refractivity (Wildman–Crippen MR) is 167 cm³/mol. The summed E-state index contributed by atoms with van der Waals surface area (Å²) in [7, 11) is 0. The maximum absolute atomic E-state index is 13.9. The first-order valence-electron chi connectivity index (χ1n) is 14.7. The summed E-state index contributed by atoms with van der Waals surface area (Å²) in [5.41, 5.74) is 1.37. The van der Waals surface area contributed by atoms with Crippen molar-refractivity contribution < 1.29 is 46.2 Å². The number of ketones is 2. The van der Waals surface area contributed by atoms with Crippen LogP contribution in [0.5, 0.6) is 0 Å². The average Bonchev–Trinajstić information content (AvgIpc) is 3.65. The Balaban J connectivity index is 0.000000289. The summed E-state index contributed by atoms with van der Waals surface area (Å²) < 4.78 is 65.1. The first-order valence-corrected chi connectivity index (χ1v) is 14.7. The highest BCUT2D eigenvalue weighted by Crippen LogP contribution is 2.23. The lowest BCUT2D eigenvalue weighted by molar-refractivity contribution is -0.143. The van der Waals surface area contributed by atoms with Crippen molar-refractivity contribution in [2.24, 2.45) is 0 Å². The van der Waals surface area contributed by atoms with Crippen LogP contribution in [0.2, 0.25) is 0 Å². The highest BCUT2D eigenvalue weighted by Gasteiger charge is 2.26. The van der Waals surface area contributed by atoms with Crippen LogP contribution >= 0.6 is 0 Å². The second kappa shape index (κ2) is 19.3. The van der Waals surface area contributed by atoms with Crippen LogP contribution in [0, 0.1) is 37.1 Å². The van der Waals surface area contributed by atoms with Crippen molar-refractivity contribution >= 4 is 23.5 Å². The third-order valence-corrected chi connectivity index (χ3v) is 6.23. The van der Waals surface area contributed by atoms with E-state index in [9.17, 15) is 36.7 Å². The summed E-state index contributed by atoms with van der Waals surface area (Å²) in [6.07, 6.45) is 7.72. The molecule has 4 aromatic rings. The molecule has 0 amide bonds. The minimum Gasteiger partial charge on any atom is -0.466 e. The Labute approximate surface area is 275 Å². The van der Waals surface area contributed by atoms with Gasteiger partial charge in [-0.25, -0.2) is 22.4 Å². The molecule has 2 aromatic carbocycles. The number of nitrogens with zero attached hydrogens (tertiary/aromatic N) is 4. The number of aromatic nitrogens is 4. The van der Waals surface area contributed by atoms with Gasteiger partial charge in [-0.05, 0) is 69.5 Å². The highest BCUT2D eigenvalue weighted by molar-refractivity contribution is 5.99. The number of rotatable bonds is 12. The fraction of sp³-hybridized carbons (Fsp3) is 0.294. The molecule has 14 heteroatoms. The molecule has 48 heavy (non-hydrogen) atoms. The molecule has 0 saturated carbocycles. The van der Waals surface area contributed by atoms with Crippen molar-refractivity contribution in [1.82, 2.24) is 19.6 Å². The highest BCUT2D eigenvalue weighted by atomic mass is 19.1. The fourth-order valence-electron chi connectivity index (χ4n) is 4.05. The van der Waals surface area contributed by atoms with E-state index in [4.69, 9.17) is 4.74 Å². The van der Waals surface area contributed by atoms with Crippen molar-refractivity contribution in [3.63, 3.8) is 0 Å². The molecule has 2 aromatic heterocycles. The Morgan fingerprint density at radius 1 is 0.833 bits per heavy atom. The number of aryl methyl sites for hydroxylation is 2. The van der Waals surface area contributed by atoms with Gasteiger partial charge in [-0.1, -0.05) is 6.58 Å². The number of esters is 2. The molecule has 1 unspecified atom stereocenters. The zero-order valence-corrected chi connectivity index (χ0v) is 26.9. The Bertz CT molecular complexity index is 1720. The molecule has 2 heterocycles. The molecule has 0 spiro atoms. The summed E-state index contributed by atoms with van der Waals surface area (Å²) >= 11 is 0. The minimum atomic E-state index is -0.940. The Morgan fingerprint density at radius 3 is 1.85 bits per heavy atom. The molecule has 0 aliphatic rings. The molecule has 256 valence electrons. The molecule has 0 aliphatic heterocycles. The van der Waals surface area contributed by atoms with E-state index in [1.165, 1.54) is 9.36 Å². The molecule has 0 bridgehead atoms. The summed E-state index contributed by atoms with van der Waals surface area (Å²) in [5, 5.41) is 8.01. The van der Waals surface area contributed by atoms with Crippen molar-refractivity contribution in [1.29, 1.82) is 0 Å². The van der Waals surface area contributed by atoms with Gasteiger partial charge in [0, 0.05) is 37.0 Å². The number of ether oxygens (including phenoxy) is 2. The zero-order valence-electron chi connectivity index (χ0n) is 26.9. The fourth-order valence-corrected chi connectivity index (χ4v) is 4.05. The number of hydrogen-bond acceptors (Lipinski definition) is 8. The van der Waals surface area contributed by atoms with Crippen molar-refractivity contribution in [2.75, 3.05) is 13.2 Å². The lowest BCUT2D eigenvalue weighted by Gasteiger charge is -2.16. The van der Waals surface area contributed by atoms with Gasteiger partial charge < -0.3 is 9.47 Å². The largest absolute Gasteiger partial charge is 0.466 e. The Morgan fingerprint density at radius 2 is 1.40 bits per heavy atom. The van der Waals surface area contributed by atoms with Crippen LogP contribution in [0.25, 0.3) is 0 Å². The molecule has 4 rings (SSSR count). The lowest BCUT2D eigenvalue weighted by atomic mass is 9.99. The number of halogens is 4. The van der Waals surface area contributed by atoms with Crippen molar-refractivity contribution in [3.05, 3.63) is 119 Å². The van der Waals surface area contributed by atoms with E-state index in [-0.39, 0.29) is 43.1 Å². The van der Waals surface area contributed by atoms with Crippen LogP contribution in [0.1, 0.15) is 64.6 Å². The molecule has 0 saturated heterocycles. The molecule has 10 nitrogen and oxygen atoms in total. The monoisotopic (exact) mass is 672 g/mol. The molecular formula is C34H36F4N4O6.